The number of nitrogens with one attached hydrogen (secondary N) is 1. The van der Waals surface area contributed by atoms with E-state index in [9.17, 15) is 9.90 Å². The highest BCUT2D eigenvalue weighted by atomic mass is 32.1. The third-order valence-electron chi connectivity index (χ3n) is 6.24. The van der Waals surface area contributed by atoms with Crippen molar-refractivity contribution < 1.29 is 14.6 Å². The SMILES string of the molecule is O=C(O)n1ccc2cc(-c3csc4cnc(Nc5ccc(CN6CCOCC6)cc5)nc34)ccc21. The molecule has 1 aliphatic heterocycles. The van der Waals surface area contributed by atoms with E-state index in [0.29, 0.717) is 11.5 Å². The molecular formula is C26H23N5O3S. The van der Waals surface area contributed by atoms with E-state index in [1.807, 2.05) is 30.5 Å². The van der Waals surface area contributed by atoms with E-state index in [0.717, 1.165) is 65.3 Å². The van der Waals surface area contributed by atoms with Gasteiger partial charge in [-0.15, -0.1) is 11.3 Å². The molecule has 2 N–H and O–H groups in total. The van der Waals surface area contributed by atoms with Crippen LogP contribution in [-0.4, -0.2) is 56.9 Å². The Labute approximate surface area is 205 Å². The highest BCUT2D eigenvalue weighted by Crippen LogP contribution is 2.35. The molecule has 9 heteroatoms. The molecule has 0 aliphatic carbocycles. The summed E-state index contributed by atoms with van der Waals surface area (Å²) in [6.07, 6.45) is 2.41. The molecule has 0 saturated carbocycles. The lowest BCUT2D eigenvalue weighted by Gasteiger charge is -2.26. The zero-order valence-electron chi connectivity index (χ0n) is 18.8. The van der Waals surface area contributed by atoms with Crippen molar-refractivity contribution in [2.24, 2.45) is 0 Å². The van der Waals surface area contributed by atoms with Crippen molar-refractivity contribution in [1.29, 1.82) is 0 Å². The van der Waals surface area contributed by atoms with Crippen LogP contribution in [0.5, 0.6) is 0 Å². The van der Waals surface area contributed by atoms with E-state index < -0.39 is 6.09 Å². The van der Waals surface area contributed by atoms with Gasteiger partial charge in [0.05, 0.1) is 35.1 Å². The van der Waals surface area contributed by atoms with Gasteiger partial charge < -0.3 is 15.2 Å². The normalized spacial score (nSPS) is 14.5. The van der Waals surface area contributed by atoms with Gasteiger partial charge in [-0.25, -0.2) is 14.8 Å². The molecule has 0 unspecified atom stereocenters. The van der Waals surface area contributed by atoms with E-state index >= 15 is 0 Å². The predicted molar refractivity (Wildman–Crippen MR) is 138 cm³/mol. The highest BCUT2D eigenvalue weighted by Gasteiger charge is 2.14. The van der Waals surface area contributed by atoms with Gasteiger partial charge in [0.15, 0.2) is 0 Å². The number of carboxylic acid groups (broad SMARTS) is 1. The van der Waals surface area contributed by atoms with Gasteiger partial charge in [0.2, 0.25) is 5.95 Å². The number of nitrogens with zero attached hydrogens (tertiary/aromatic N) is 4. The molecular weight excluding hydrogens is 462 g/mol. The smallest absolute Gasteiger partial charge is 0.415 e. The van der Waals surface area contributed by atoms with Gasteiger partial charge in [0, 0.05) is 47.8 Å². The minimum Gasteiger partial charge on any atom is -0.464 e. The van der Waals surface area contributed by atoms with Gasteiger partial charge in [-0.05, 0) is 41.5 Å². The van der Waals surface area contributed by atoms with E-state index in [-0.39, 0.29) is 0 Å². The summed E-state index contributed by atoms with van der Waals surface area (Å²) in [6.45, 7) is 4.45. The first-order valence-corrected chi connectivity index (χ1v) is 12.3. The first-order chi connectivity index (χ1) is 17.1. The Balaban J connectivity index is 1.24. The van der Waals surface area contributed by atoms with Gasteiger partial charge in [-0.3, -0.25) is 9.47 Å². The molecule has 2 aromatic carbocycles. The Kier molecular flexibility index (Phi) is 5.65. The van der Waals surface area contributed by atoms with Gasteiger partial charge in [-0.1, -0.05) is 18.2 Å². The van der Waals surface area contributed by atoms with E-state index in [4.69, 9.17) is 9.72 Å². The number of ether oxygens (including phenoxy) is 1. The zero-order valence-corrected chi connectivity index (χ0v) is 19.7. The van der Waals surface area contributed by atoms with Crippen LogP contribution in [0, 0.1) is 0 Å². The molecule has 0 radical (unpaired) electrons. The molecule has 1 aliphatic rings. The zero-order chi connectivity index (χ0) is 23.8. The van der Waals surface area contributed by atoms with Crippen LogP contribution in [0.1, 0.15) is 5.56 Å². The summed E-state index contributed by atoms with van der Waals surface area (Å²) in [6, 6.07) is 15.9. The molecule has 0 bridgehead atoms. The maximum atomic E-state index is 11.4. The largest absolute Gasteiger partial charge is 0.464 e. The third kappa shape index (κ3) is 4.37. The number of rotatable bonds is 5. The fourth-order valence-corrected chi connectivity index (χ4v) is 5.28. The number of morpholine rings is 1. The molecule has 176 valence electrons. The molecule has 6 rings (SSSR count). The highest BCUT2D eigenvalue weighted by molar-refractivity contribution is 7.17. The van der Waals surface area contributed by atoms with Crippen molar-refractivity contribution in [2.75, 3.05) is 31.6 Å². The van der Waals surface area contributed by atoms with E-state index in [1.54, 1.807) is 17.5 Å². The van der Waals surface area contributed by atoms with E-state index in [1.165, 1.54) is 10.1 Å². The number of anilines is 2. The average Bonchev–Trinajstić information content (AvgIpc) is 3.49. The van der Waals surface area contributed by atoms with Crippen molar-refractivity contribution in [1.82, 2.24) is 19.4 Å². The second-order valence-corrected chi connectivity index (χ2v) is 9.42. The van der Waals surface area contributed by atoms with Gasteiger partial charge >= 0.3 is 6.09 Å². The fraction of sp³-hybridized carbons (Fsp3) is 0.192. The maximum absolute atomic E-state index is 11.4. The second kappa shape index (κ2) is 9.10. The molecule has 0 spiro atoms. The third-order valence-corrected chi connectivity index (χ3v) is 7.15. The summed E-state index contributed by atoms with van der Waals surface area (Å²) in [5, 5.41) is 15.6. The summed E-state index contributed by atoms with van der Waals surface area (Å²) >= 11 is 1.59. The van der Waals surface area contributed by atoms with Gasteiger partial charge in [0.25, 0.3) is 0 Å². The van der Waals surface area contributed by atoms with Crippen LogP contribution in [0.4, 0.5) is 16.4 Å². The summed E-state index contributed by atoms with van der Waals surface area (Å²) in [7, 11) is 0. The molecule has 4 heterocycles. The summed E-state index contributed by atoms with van der Waals surface area (Å²) in [5.74, 6) is 0.538. The Morgan fingerprint density at radius 1 is 1.11 bits per heavy atom. The van der Waals surface area contributed by atoms with Gasteiger partial charge in [0.1, 0.15) is 0 Å². The van der Waals surface area contributed by atoms with Gasteiger partial charge in [-0.2, -0.15) is 0 Å². The van der Waals surface area contributed by atoms with Crippen LogP contribution in [0.3, 0.4) is 0 Å². The van der Waals surface area contributed by atoms with Crippen LogP contribution < -0.4 is 5.32 Å². The van der Waals surface area contributed by atoms with Crippen LogP contribution in [-0.2, 0) is 11.3 Å². The molecule has 0 atom stereocenters. The Morgan fingerprint density at radius 3 is 2.74 bits per heavy atom. The van der Waals surface area contributed by atoms with Crippen molar-refractivity contribution in [3.63, 3.8) is 0 Å². The number of hydrogen-bond donors (Lipinski definition) is 2. The fourth-order valence-electron chi connectivity index (χ4n) is 4.41. The van der Waals surface area contributed by atoms with Crippen LogP contribution >= 0.6 is 11.3 Å². The first-order valence-electron chi connectivity index (χ1n) is 11.4. The predicted octanol–water partition coefficient (Wildman–Crippen LogP) is 5.41. The van der Waals surface area contributed by atoms with Crippen LogP contribution in [0.2, 0.25) is 0 Å². The van der Waals surface area contributed by atoms with Crippen LogP contribution in [0.25, 0.3) is 32.2 Å². The summed E-state index contributed by atoms with van der Waals surface area (Å²) in [5.41, 5.74) is 5.72. The lowest BCUT2D eigenvalue weighted by atomic mass is 10.1. The first kappa shape index (κ1) is 21.7. The standard InChI is InChI=1S/C26H23N5O3S/c32-26(33)31-8-7-19-13-18(3-6-22(19)31)21-16-35-23-14-27-25(29-24(21)23)28-20-4-1-17(2-5-20)15-30-9-11-34-12-10-30/h1-8,13-14,16H,9-12,15H2,(H,32,33)(H,27,28,29). The minimum atomic E-state index is -0.994. The van der Waals surface area contributed by atoms with Crippen molar-refractivity contribution in [3.05, 3.63) is 71.9 Å². The Morgan fingerprint density at radius 2 is 1.94 bits per heavy atom. The topological polar surface area (TPSA) is 92.5 Å². The minimum absolute atomic E-state index is 0.538. The summed E-state index contributed by atoms with van der Waals surface area (Å²) in [4.78, 5) is 23.1. The number of aromatic nitrogens is 3. The number of thiophene rings is 1. The van der Waals surface area contributed by atoms with Crippen LogP contribution in [0.15, 0.2) is 66.3 Å². The molecule has 8 nitrogen and oxygen atoms in total. The molecule has 3 aromatic heterocycles. The number of hydrogen-bond acceptors (Lipinski definition) is 7. The quantitative estimate of drug-likeness (QED) is 0.344. The van der Waals surface area contributed by atoms with E-state index in [2.05, 4.69) is 44.8 Å². The lowest BCUT2D eigenvalue weighted by Crippen LogP contribution is -2.35. The van der Waals surface area contributed by atoms with Crippen molar-refractivity contribution in [2.45, 2.75) is 6.54 Å². The van der Waals surface area contributed by atoms with Crippen molar-refractivity contribution in [3.8, 4) is 11.1 Å². The Bertz CT molecular complexity index is 1520. The molecule has 1 fully saturated rings. The Hall–Kier alpha value is -3.79. The second-order valence-electron chi connectivity index (χ2n) is 8.51. The molecule has 0 amide bonds. The number of benzene rings is 2. The molecule has 1 saturated heterocycles. The molecule has 35 heavy (non-hydrogen) atoms. The number of fused-ring (bicyclic) bond motifs is 2. The lowest BCUT2D eigenvalue weighted by molar-refractivity contribution is 0.0342. The average molecular weight is 486 g/mol. The summed E-state index contributed by atoms with van der Waals surface area (Å²) < 4.78 is 7.64. The number of carbonyl (C=O) groups is 1. The maximum Gasteiger partial charge on any atom is 0.415 e. The monoisotopic (exact) mass is 485 g/mol. The van der Waals surface area contributed by atoms with Crippen molar-refractivity contribution >= 4 is 50.2 Å². The molecule has 5 aromatic rings.